The van der Waals surface area contributed by atoms with Gasteiger partial charge in [-0.2, -0.15) is 0 Å². The first-order valence-electron chi connectivity index (χ1n) is 5.61. The third-order valence-corrected chi connectivity index (χ3v) is 2.84. The van der Waals surface area contributed by atoms with Crippen LogP contribution >= 0.6 is 15.9 Å². The van der Waals surface area contributed by atoms with Gasteiger partial charge in [0.2, 0.25) is 0 Å². The Hall–Kier alpha value is -0.340. The van der Waals surface area contributed by atoms with Crippen LogP contribution in [0.3, 0.4) is 0 Å². The lowest BCUT2D eigenvalue weighted by molar-refractivity contribution is 0.117. The van der Waals surface area contributed by atoms with Crippen molar-refractivity contribution in [2.24, 2.45) is 0 Å². The van der Waals surface area contributed by atoms with Gasteiger partial charge in [0.05, 0.1) is 6.61 Å². The summed E-state index contributed by atoms with van der Waals surface area (Å²) in [4.78, 5) is 0. The molecule has 0 aromatic heterocycles. The molecule has 0 aliphatic rings. The van der Waals surface area contributed by atoms with Crippen molar-refractivity contribution < 1.29 is 4.74 Å². The largest absolute Gasteiger partial charge is 0.377 e. The van der Waals surface area contributed by atoms with Crippen LogP contribution in [0.15, 0.2) is 30.3 Å². The second kappa shape index (κ2) is 8.93. The molecule has 0 aliphatic heterocycles. The van der Waals surface area contributed by atoms with Crippen molar-refractivity contribution in [3.05, 3.63) is 35.9 Å². The first kappa shape index (κ1) is 12.7. The molecule has 0 spiro atoms. The summed E-state index contributed by atoms with van der Waals surface area (Å²) in [6, 6.07) is 10.3. The van der Waals surface area contributed by atoms with Crippen molar-refractivity contribution in [3.8, 4) is 0 Å². The molecule has 0 unspecified atom stereocenters. The van der Waals surface area contributed by atoms with Crippen LogP contribution in [0, 0.1) is 0 Å². The molecule has 2 heteroatoms. The molecule has 0 atom stereocenters. The Kier molecular flexibility index (Phi) is 7.58. The summed E-state index contributed by atoms with van der Waals surface area (Å²) >= 11 is 3.43. The zero-order chi connectivity index (χ0) is 10.8. The van der Waals surface area contributed by atoms with Gasteiger partial charge in [-0.1, -0.05) is 59.1 Å². The van der Waals surface area contributed by atoms with E-state index < -0.39 is 0 Å². The molecule has 0 radical (unpaired) electrons. The highest BCUT2D eigenvalue weighted by Gasteiger charge is 1.92. The van der Waals surface area contributed by atoms with Gasteiger partial charge >= 0.3 is 0 Å². The van der Waals surface area contributed by atoms with Crippen LogP contribution in [0.5, 0.6) is 0 Å². The van der Waals surface area contributed by atoms with Crippen LogP contribution in [-0.2, 0) is 11.3 Å². The van der Waals surface area contributed by atoms with Gasteiger partial charge in [0, 0.05) is 11.9 Å². The molecule has 0 fully saturated rings. The Morgan fingerprint density at radius 2 is 1.67 bits per heavy atom. The lowest BCUT2D eigenvalue weighted by Gasteiger charge is -2.03. The topological polar surface area (TPSA) is 9.23 Å². The third kappa shape index (κ3) is 6.69. The zero-order valence-electron chi connectivity index (χ0n) is 9.12. The number of unbranched alkanes of at least 4 members (excludes halogenated alkanes) is 3. The average molecular weight is 271 g/mol. The number of benzene rings is 1. The van der Waals surface area contributed by atoms with Gasteiger partial charge in [0.1, 0.15) is 0 Å². The Labute approximate surface area is 101 Å². The summed E-state index contributed by atoms with van der Waals surface area (Å²) in [5, 5.41) is 1.12. The minimum atomic E-state index is 0.749. The van der Waals surface area contributed by atoms with Crippen molar-refractivity contribution in [3.63, 3.8) is 0 Å². The highest BCUT2D eigenvalue weighted by atomic mass is 79.9. The minimum Gasteiger partial charge on any atom is -0.377 e. The first-order valence-corrected chi connectivity index (χ1v) is 6.73. The highest BCUT2D eigenvalue weighted by molar-refractivity contribution is 9.09. The molecule has 0 bridgehead atoms. The smallest absolute Gasteiger partial charge is 0.0716 e. The van der Waals surface area contributed by atoms with E-state index in [0.29, 0.717) is 0 Å². The fraction of sp³-hybridized carbons (Fsp3) is 0.538. The molecule has 0 saturated carbocycles. The molecular formula is C13H19BrO. The van der Waals surface area contributed by atoms with Crippen LogP contribution < -0.4 is 0 Å². The molecule has 0 N–H and O–H groups in total. The van der Waals surface area contributed by atoms with Gasteiger partial charge in [0.15, 0.2) is 0 Å². The minimum absolute atomic E-state index is 0.749. The molecule has 84 valence electrons. The van der Waals surface area contributed by atoms with Crippen molar-refractivity contribution >= 4 is 15.9 Å². The normalized spacial score (nSPS) is 10.5. The second-order valence-corrected chi connectivity index (χ2v) is 4.43. The summed E-state index contributed by atoms with van der Waals surface area (Å²) in [6.07, 6.45) is 5.04. The van der Waals surface area contributed by atoms with Crippen LogP contribution in [0.4, 0.5) is 0 Å². The summed E-state index contributed by atoms with van der Waals surface area (Å²) in [5.74, 6) is 0. The maximum absolute atomic E-state index is 5.59. The molecule has 15 heavy (non-hydrogen) atoms. The van der Waals surface area contributed by atoms with Gasteiger partial charge < -0.3 is 4.74 Å². The van der Waals surface area contributed by atoms with Gasteiger partial charge in [0.25, 0.3) is 0 Å². The van der Waals surface area contributed by atoms with E-state index in [1.165, 1.54) is 31.2 Å². The SMILES string of the molecule is BrCCCCCCOCc1ccccc1. The molecule has 1 nitrogen and oxygen atoms in total. The standard InChI is InChI=1S/C13H19BrO/c14-10-6-1-2-7-11-15-12-13-8-4-3-5-9-13/h3-5,8-9H,1-2,6-7,10-12H2. The predicted molar refractivity (Wildman–Crippen MR) is 68.4 cm³/mol. The van der Waals surface area contributed by atoms with Crippen molar-refractivity contribution in [1.82, 2.24) is 0 Å². The van der Waals surface area contributed by atoms with E-state index in [4.69, 9.17) is 4.74 Å². The summed E-state index contributed by atoms with van der Waals surface area (Å²) in [7, 11) is 0. The van der Waals surface area contributed by atoms with E-state index in [2.05, 4.69) is 40.2 Å². The second-order valence-electron chi connectivity index (χ2n) is 3.64. The monoisotopic (exact) mass is 270 g/mol. The number of hydrogen-bond acceptors (Lipinski definition) is 1. The Morgan fingerprint density at radius 3 is 2.40 bits per heavy atom. The number of ether oxygens (including phenoxy) is 1. The summed E-state index contributed by atoms with van der Waals surface area (Å²) in [5.41, 5.74) is 1.26. The number of halogens is 1. The van der Waals surface area contributed by atoms with E-state index in [9.17, 15) is 0 Å². The van der Waals surface area contributed by atoms with Crippen molar-refractivity contribution in [2.75, 3.05) is 11.9 Å². The maximum Gasteiger partial charge on any atom is 0.0716 e. The molecule has 0 aliphatic carbocycles. The van der Waals surface area contributed by atoms with Gasteiger partial charge in [-0.05, 0) is 18.4 Å². The van der Waals surface area contributed by atoms with Gasteiger partial charge in [-0.3, -0.25) is 0 Å². The van der Waals surface area contributed by atoms with Crippen LogP contribution in [0.2, 0.25) is 0 Å². The quantitative estimate of drug-likeness (QED) is 0.509. The van der Waals surface area contributed by atoms with Crippen LogP contribution in [0.1, 0.15) is 31.2 Å². The maximum atomic E-state index is 5.59. The fourth-order valence-electron chi connectivity index (χ4n) is 1.42. The molecule has 0 heterocycles. The van der Waals surface area contributed by atoms with E-state index in [1.54, 1.807) is 0 Å². The van der Waals surface area contributed by atoms with Crippen LogP contribution in [0.25, 0.3) is 0 Å². The number of alkyl halides is 1. The Balaban J connectivity index is 1.93. The van der Waals surface area contributed by atoms with Crippen molar-refractivity contribution in [2.45, 2.75) is 32.3 Å². The fourth-order valence-corrected chi connectivity index (χ4v) is 1.81. The predicted octanol–water partition coefficient (Wildman–Crippen LogP) is 4.16. The van der Waals surface area contributed by atoms with Gasteiger partial charge in [-0.15, -0.1) is 0 Å². The third-order valence-electron chi connectivity index (χ3n) is 2.28. The molecule has 1 aromatic carbocycles. The van der Waals surface area contributed by atoms with Crippen LogP contribution in [-0.4, -0.2) is 11.9 Å². The zero-order valence-corrected chi connectivity index (χ0v) is 10.7. The molecule has 0 amide bonds. The van der Waals surface area contributed by atoms with Crippen molar-refractivity contribution in [1.29, 1.82) is 0 Å². The molecular weight excluding hydrogens is 252 g/mol. The molecule has 1 rings (SSSR count). The lowest BCUT2D eigenvalue weighted by Crippen LogP contribution is -1.95. The highest BCUT2D eigenvalue weighted by Crippen LogP contribution is 2.04. The first-order chi connectivity index (χ1) is 7.43. The molecule has 0 saturated heterocycles. The lowest BCUT2D eigenvalue weighted by atomic mass is 10.2. The van der Waals surface area contributed by atoms with E-state index >= 15 is 0 Å². The Bertz CT molecular complexity index is 236. The van der Waals surface area contributed by atoms with Gasteiger partial charge in [-0.25, -0.2) is 0 Å². The average Bonchev–Trinajstić information content (AvgIpc) is 2.29. The summed E-state index contributed by atoms with van der Waals surface area (Å²) < 4.78 is 5.59. The van der Waals surface area contributed by atoms with E-state index in [-0.39, 0.29) is 0 Å². The Morgan fingerprint density at radius 1 is 0.933 bits per heavy atom. The van der Waals surface area contributed by atoms with E-state index in [1.807, 2.05) is 6.07 Å². The number of hydrogen-bond donors (Lipinski definition) is 0. The number of rotatable bonds is 8. The molecule has 1 aromatic rings. The van der Waals surface area contributed by atoms with E-state index in [0.717, 1.165) is 18.5 Å². The summed E-state index contributed by atoms with van der Waals surface area (Å²) in [6.45, 7) is 1.64.